The fourth-order valence-electron chi connectivity index (χ4n) is 4.04. The number of hydrogen-bond acceptors (Lipinski definition) is 2. The van der Waals surface area contributed by atoms with Crippen LogP contribution in [0.3, 0.4) is 0 Å². The van der Waals surface area contributed by atoms with Crippen molar-refractivity contribution in [1.82, 2.24) is 4.90 Å². The molecule has 2 unspecified atom stereocenters. The Hall–Kier alpha value is -1.64. The van der Waals surface area contributed by atoms with Gasteiger partial charge in [-0.1, -0.05) is 18.6 Å². The normalized spacial score (nSPS) is 33.3. The Morgan fingerprint density at radius 2 is 1.61 bits per heavy atom. The van der Waals surface area contributed by atoms with E-state index in [4.69, 9.17) is 0 Å². The summed E-state index contributed by atoms with van der Waals surface area (Å²) in [6, 6.07) is 7.35. The maximum atomic E-state index is 12.4. The molecule has 18 heavy (non-hydrogen) atoms. The van der Waals surface area contributed by atoms with Crippen molar-refractivity contribution in [2.45, 2.75) is 31.7 Å². The van der Waals surface area contributed by atoms with Crippen molar-refractivity contribution in [3.05, 3.63) is 35.4 Å². The highest BCUT2D eigenvalue weighted by Crippen LogP contribution is 2.48. The smallest absolute Gasteiger partial charge is 0.261 e. The number of benzene rings is 1. The highest BCUT2D eigenvalue weighted by atomic mass is 16.2. The van der Waals surface area contributed by atoms with Gasteiger partial charge in [-0.05, 0) is 43.2 Å². The van der Waals surface area contributed by atoms with E-state index in [1.807, 2.05) is 12.1 Å². The average molecular weight is 241 g/mol. The van der Waals surface area contributed by atoms with Crippen LogP contribution in [0, 0.1) is 11.8 Å². The van der Waals surface area contributed by atoms with Gasteiger partial charge in [-0.25, -0.2) is 0 Å². The van der Waals surface area contributed by atoms with Gasteiger partial charge in [-0.2, -0.15) is 0 Å². The average Bonchev–Trinajstić information content (AvgIpc) is 3.06. The third kappa shape index (κ3) is 1.19. The van der Waals surface area contributed by atoms with E-state index in [1.54, 1.807) is 17.0 Å². The molecule has 1 heterocycles. The summed E-state index contributed by atoms with van der Waals surface area (Å²) in [5.41, 5.74) is 1.18. The quantitative estimate of drug-likeness (QED) is 0.708. The molecule has 0 aromatic heterocycles. The fraction of sp³-hybridized carbons (Fsp3) is 0.467. The molecule has 2 bridgehead atoms. The molecule has 3 heteroatoms. The van der Waals surface area contributed by atoms with E-state index in [-0.39, 0.29) is 17.9 Å². The Balaban J connectivity index is 1.72. The van der Waals surface area contributed by atoms with Crippen LogP contribution in [0.5, 0.6) is 0 Å². The number of carbonyl (C=O) groups is 2. The molecule has 0 N–H and O–H groups in total. The van der Waals surface area contributed by atoms with Gasteiger partial charge in [0.2, 0.25) is 0 Å². The molecule has 92 valence electrons. The summed E-state index contributed by atoms with van der Waals surface area (Å²) in [5.74, 6) is 1.14. The van der Waals surface area contributed by atoms with E-state index in [0.717, 1.165) is 12.3 Å². The predicted molar refractivity (Wildman–Crippen MR) is 66.2 cm³/mol. The van der Waals surface area contributed by atoms with Gasteiger partial charge >= 0.3 is 0 Å². The van der Waals surface area contributed by atoms with Crippen LogP contribution in [-0.2, 0) is 0 Å². The molecule has 4 rings (SSSR count). The number of fused-ring (bicyclic) bond motifs is 3. The molecule has 3 nitrogen and oxygen atoms in total. The summed E-state index contributed by atoms with van der Waals surface area (Å²) in [4.78, 5) is 26.3. The van der Waals surface area contributed by atoms with Crippen LogP contribution >= 0.6 is 0 Å². The Morgan fingerprint density at radius 1 is 0.944 bits per heavy atom. The highest BCUT2D eigenvalue weighted by molar-refractivity contribution is 6.21. The van der Waals surface area contributed by atoms with Gasteiger partial charge in [0, 0.05) is 6.04 Å². The van der Waals surface area contributed by atoms with Crippen LogP contribution in [0.4, 0.5) is 0 Å². The lowest BCUT2D eigenvalue weighted by Gasteiger charge is -2.29. The topological polar surface area (TPSA) is 37.4 Å². The molecule has 3 aliphatic rings. The van der Waals surface area contributed by atoms with E-state index in [0.29, 0.717) is 17.0 Å². The minimum absolute atomic E-state index is 0.0758. The Kier molecular flexibility index (Phi) is 1.97. The summed E-state index contributed by atoms with van der Waals surface area (Å²) < 4.78 is 0. The molecular formula is C15H15NO2. The third-order valence-corrected chi connectivity index (χ3v) is 4.86. The maximum Gasteiger partial charge on any atom is 0.261 e. The maximum absolute atomic E-state index is 12.4. The van der Waals surface area contributed by atoms with E-state index >= 15 is 0 Å². The lowest BCUT2D eigenvalue weighted by Crippen LogP contribution is -2.42. The van der Waals surface area contributed by atoms with Crippen LogP contribution in [0.1, 0.15) is 46.4 Å². The summed E-state index contributed by atoms with van der Waals surface area (Å²) in [6.07, 6.45) is 4.70. The summed E-state index contributed by atoms with van der Waals surface area (Å²) in [6.45, 7) is 0. The molecule has 0 radical (unpaired) electrons. The van der Waals surface area contributed by atoms with Gasteiger partial charge in [-0.15, -0.1) is 0 Å². The second kappa shape index (κ2) is 3.44. The van der Waals surface area contributed by atoms with Gasteiger partial charge in [0.15, 0.2) is 0 Å². The molecule has 2 amide bonds. The van der Waals surface area contributed by atoms with Gasteiger partial charge in [0.1, 0.15) is 0 Å². The first-order valence-corrected chi connectivity index (χ1v) is 6.72. The van der Waals surface area contributed by atoms with E-state index in [2.05, 4.69) is 0 Å². The van der Waals surface area contributed by atoms with Crippen LogP contribution in [-0.4, -0.2) is 22.8 Å². The molecule has 0 saturated heterocycles. The molecular weight excluding hydrogens is 226 g/mol. The summed E-state index contributed by atoms with van der Waals surface area (Å²) in [7, 11) is 0. The second-order valence-electron chi connectivity index (χ2n) is 5.77. The number of rotatable bonds is 1. The number of nitrogens with zero attached hydrogens (tertiary/aromatic N) is 1. The molecule has 1 aromatic carbocycles. The van der Waals surface area contributed by atoms with Crippen molar-refractivity contribution in [2.75, 3.05) is 0 Å². The largest absolute Gasteiger partial charge is 0.271 e. The van der Waals surface area contributed by atoms with Crippen molar-refractivity contribution in [2.24, 2.45) is 11.8 Å². The van der Waals surface area contributed by atoms with Crippen LogP contribution in [0.15, 0.2) is 24.3 Å². The standard InChI is InChI=1S/C15H15NO2/c17-14-11-3-1-2-4-12(11)15(18)16(14)13-8-9-5-6-10(13)7-9/h1-4,9-10,13H,5-8H2/t9?,10?,13-/m0/s1. The summed E-state index contributed by atoms with van der Waals surface area (Å²) in [5, 5.41) is 0. The zero-order valence-electron chi connectivity index (χ0n) is 10.1. The fourth-order valence-corrected chi connectivity index (χ4v) is 4.04. The zero-order valence-corrected chi connectivity index (χ0v) is 10.1. The Bertz CT molecular complexity index is 516. The number of carbonyl (C=O) groups excluding carboxylic acids is 2. The highest BCUT2D eigenvalue weighted by Gasteiger charge is 2.49. The third-order valence-electron chi connectivity index (χ3n) is 4.86. The molecule has 0 spiro atoms. The lowest BCUT2D eigenvalue weighted by atomic mass is 9.94. The SMILES string of the molecule is O=C1c2ccccc2C(=O)N1[C@H]1CC2CCC1C2. The first-order valence-electron chi connectivity index (χ1n) is 6.72. The molecule has 1 aromatic rings. The van der Waals surface area contributed by atoms with Crippen LogP contribution in [0.25, 0.3) is 0 Å². The van der Waals surface area contributed by atoms with Crippen molar-refractivity contribution in [3.63, 3.8) is 0 Å². The Labute approximate surface area is 106 Å². The Morgan fingerprint density at radius 3 is 2.11 bits per heavy atom. The first-order chi connectivity index (χ1) is 8.75. The van der Waals surface area contributed by atoms with Gasteiger partial charge < -0.3 is 0 Å². The molecule has 3 atom stereocenters. The monoisotopic (exact) mass is 241 g/mol. The minimum atomic E-state index is -0.0758. The number of hydrogen-bond donors (Lipinski definition) is 0. The van der Waals surface area contributed by atoms with Gasteiger partial charge in [-0.3, -0.25) is 14.5 Å². The van der Waals surface area contributed by atoms with Gasteiger partial charge in [0.05, 0.1) is 11.1 Å². The molecule has 2 fully saturated rings. The van der Waals surface area contributed by atoms with E-state index < -0.39 is 0 Å². The lowest BCUT2D eigenvalue weighted by molar-refractivity contribution is 0.0530. The molecule has 2 saturated carbocycles. The predicted octanol–water partition coefficient (Wildman–Crippen LogP) is 2.47. The first kappa shape index (κ1) is 10.3. The zero-order chi connectivity index (χ0) is 12.3. The van der Waals surface area contributed by atoms with Crippen molar-refractivity contribution < 1.29 is 9.59 Å². The summed E-state index contributed by atoms with van der Waals surface area (Å²) >= 11 is 0. The van der Waals surface area contributed by atoms with E-state index in [9.17, 15) is 9.59 Å². The number of imide groups is 1. The van der Waals surface area contributed by atoms with Crippen molar-refractivity contribution in [3.8, 4) is 0 Å². The molecule has 1 aliphatic heterocycles. The van der Waals surface area contributed by atoms with Crippen molar-refractivity contribution >= 4 is 11.8 Å². The van der Waals surface area contributed by atoms with Gasteiger partial charge in [0.25, 0.3) is 11.8 Å². The second-order valence-corrected chi connectivity index (χ2v) is 5.77. The molecule has 2 aliphatic carbocycles. The van der Waals surface area contributed by atoms with Crippen LogP contribution in [0.2, 0.25) is 0 Å². The van der Waals surface area contributed by atoms with Crippen molar-refractivity contribution in [1.29, 1.82) is 0 Å². The van der Waals surface area contributed by atoms with E-state index in [1.165, 1.54) is 19.3 Å². The minimum Gasteiger partial charge on any atom is -0.271 e. The van der Waals surface area contributed by atoms with Crippen LogP contribution < -0.4 is 0 Å². The number of amides is 2.